The summed E-state index contributed by atoms with van der Waals surface area (Å²) in [5, 5.41) is 4.52. The van der Waals surface area contributed by atoms with Gasteiger partial charge in [-0.25, -0.2) is 4.39 Å². The summed E-state index contributed by atoms with van der Waals surface area (Å²) in [6.45, 7) is 2.30. The number of rotatable bonds is 2. The molecule has 0 aliphatic heterocycles. The molecule has 0 N–H and O–H groups in total. The van der Waals surface area contributed by atoms with Gasteiger partial charge in [-0.3, -0.25) is 4.68 Å². The third kappa shape index (κ3) is 2.18. The van der Waals surface area contributed by atoms with Crippen molar-refractivity contribution in [2.24, 2.45) is 0 Å². The van der Waals surface area contributed by atoms with Crippen molar-refractivity contribution in [3.8, 4) is 0 Å². The quantitative estimate of drug-likeness (QED) is 0.767. The van der Waals surface area contributed by atoms with Crippen LogP contribution in [-0.4, -0.2) is 9.78 Å². The molecule has 0 aliphatic rings. The minimum Gasteiger partial charge on any atom is -0.268 e. The SMILES string of the molecule is Cc1cnn(Cc2c(F)cccc2Cl)c1. The van der Waals surface area contributed by atoms with Gasteiger partial charge in [0.1, 0.15) is 5.82 Å². The molecule has 0 saturated heterocycles. The Morgan fingerprint density at radius 3 is 2.87 bits per heavy atom. The van der Waals surface area contributed by atoms with Crippen molar-refractivity contribution in [2.45, 2.75) is 13.5 Å². The summed E-state index contributed by atoms with van der Waals surface area (Å²) in [6, 6.07) is 4.67. The Morgan fingerprint density at radius 2 is 2.27 bits per heavy atom. The van der Waals surface area contributed by atoms with Gasteiger partial charge in [0, 0.05) is 16.8 Å². The fourth-order valence-electron chi connectivity index (χ4n) is 1.40. The highest BCUT2D eigenvalue weighted by Gasteiger charge is 2.07. The summed E-state index contributed by atoms with van der Waals surface area (Å²) in [4.78, 5) is 0. The molecular weight excluding hydrogens is 215 g/mol. The van der Waals surface area contributed by atoms with Crippen LogP contribution in [0.25, 0.3) is 0 Å². The lowest BCUT2D eigenvalue weighted by Gasteiger charge is -2.05. The summed E-state index contributed by atoms with van der Waals surface area (Å²) < 4.78 is 15.1. The molecule has 0 radical (unpaired) electrons. The molecule has 0 spiro atoms. The van der Waals surface area contributed by atoms with Crippen molar-refractivity contribution in [1.82, 2.24) is 9.78 Å². The Balaban J connectivity index is 2.31. The molecule has 2 aromatic rings. The van der Waals surface area contributed by atoms with Gasteiger partial charge < -0.3 is 0 Å². The van der Waals surface area contributed by atoms with E-state index in [-0.39, 0.29) is 5.82 Å². The molecule has 1 aromatic heterocycles. The lowest BCUT2D eigenvalue weighted by Crippen LogP contribution is -2.02. The first-order chi connectivity index (χ1) is 7.16. The van der Waals surface area contributed by atoms with Gasteiger partial charge in [-0.05, 0) is 24.6 Å². The van der Waals surface area contributed by atoms with Crippen LogP contribution < -0.4 is 0 Å². The van der Waals surface area contributed by atoms with E-state index < -0.39 is 0 Å². The van der Waals surface area contributed by atoms with E-state index in [1.54, 1.807) is 23.0 Å². The molecule has 1 heterocycles. The second-order valence-electron chi connectivity index (χ2n) is 3.42. The zero-order valence-electron chi connectivity index (χ0n) is 8.24. The van der Waals surface area contributed by atoms with E-state index in [1.165, 1.54) is 6.07 Å². The van der Waals surface area contributed by atoms with Crippen LogP contribution in [0.15, 0.2) is 30.6 Å². The normalized spacial score (nSPS) is 10.6. The first kappa shape index (κ1) is 10.2. The Hall–Kier alpha value is -1.35. The van der Waals surface area contributed by atoms with E-state index in [9.17, 15) is 4.39 Å². The van der Waals surface area contributed by atoms with Gasteiger partial charge in [-0.2, -0.15) is 5.10 Å². The number of hydrogen-bond acceptors (Lipinski definition) is 1. The van der Waals surface area contributed by atoms with Crippen molar-refractivity contribution < 1.29 is 4.39 Å². The first-order valence-corrected chi connectivity index (χ1v) is 4.96. The fourth-order valence-corrected chi connectivity index (χ4v) is 1.62. The predicted octanol–water partition coefficient (Wildman–Crippen LogP) is 3.03. The highest BCUT2D eigenvalue weighted by atomic mass is 35.5. The number of halogens is 2. The van der Waals surface area contributed by atoms with Crippen LogP contribution >= 0.6 is 11.6 Å². The molecule has 4 heteroatoms. The molecule has 15 heavy (non-hydrogen) atoms. The Morgan fingerprint density at radius 1 is 1.47 bits per heavy atom. The van der Waals surface area contributed by atoms with Crippen LogP contribution in [0.5, 0.6) is 0 Å². The highest BCUT2D eigenvalue weighted by molar-refractivity contribution is 6.31. The van der Waals surface area contributed by atoms with Gasteiger partial charge in [-0.15, -0.1) is 0 Å². The zero-order valence-corrected chi connectivity index (χ0v) is 9.00. The third-order valence-corrected chi connectivity index (χ3v) is 2.50. The monoisotopic (exact) mass is 224 g/mol. The van der Waals surface area contributed by atoms with Gasteiger partial charge in [0.2, 0.25) is 0 Å². The topological polar surface area (TPSA) is 17.8 Å². The van der Waals surface area contributed by atoms with Crippen LogP contribution in [0.2, 0.25) is 5.02 Å². The van der Waals surface area contributed by atoms with Gasteiger partial charge in [0.05, 0.1) is 12.7 Å². The van der Waals surface area contributed by atoms with Crippen LogP contribution in [0.1, 0.15) is 11.1 Å². The largest absolute Gasteiger partial charge is 0.268 e. The van der Waals surface area contributed by atoms with E-state index in [2.05, 4.69) is 5.10 Å². The van der Waals surface area contributed by atoms with Crippen molar-refractivity contribution in [2.75, 3.05) is 0 Å². The lowest BCUT2D eigenvalue weighted by atomic mass is 10.2. The molecule has 2 nitrogen and oxygen atoms in total. The second kappa shape index (κ2) is 4.03. The number of aryl methyl sites for hydroxylation is 1. The van der Waals surface area contributed by atoms with Crippen molar-refractivity contribution >= 4 is 11.6 Å². The molecule has 2 rings (SSSR count). The van der Waals surface area contributed by atoms with Gasteiger partial charge >= 0.3 is 0 Å². The average Bonchev–Trinajstić information content (AvgIpc) is 2.58. The Labute approximate surface area is 92.3 Å². The molecule has 1 aromatic carbocycles. The maximum Gasteiger partial charge on any atom is 0.129 e. The number of hydrogen-bond donors (Lipinski definition) is 0. The molecular formula is C11H10ClFN2. The molecule has 78 valence electrons. The number of benzene rings is 1. The lowest BCUT2D eigenvalue weighted by molar-refractivity contribution is 0.585. The van der Waals surface area contributed by atoms with Crippen LogP contribution in [0.4, 0.5) is 4.39 Å². The van der Waals surface area contributed by atoms with Crippen LogP contribution in [0.3, 0.4) is 0 Å². The van der Waals surface area contributed by atoms with Crippen molar-refractivity contribution in [3.05, 3.63) is 52.6 Å². The summed E-state index contributed by atoms with van der Waals surface area (Å²) >= 11 is 5.91. The molecule has 0 saturated carbocycles. The Kier molecular flexibility index (Phi) is 2.73. The van der Waals surface area contributed by atoms with Gasteiger partial charge in [-0.1, -0.05) is 17.7 Å². The molecule has 0 amide bonds. The van der Waals surface area contributed by atoms with Crippen molar-refractivity contribution in [3.63, 3.8) is 0 Å². The molecule has 0 unspecified atom stereocenters. The van der Waals surface area contributed by atoms with Gasteiger partial charge in [0.25, 0.3) is 0 Å². The number of aromatic nitrogens is 2. The summed E-state index contributed by atoms with van der Waals surface area (Å²) in [7, 11) is 0. The minimum atomic E-state index is -0.296. The smallest absolute Gasteiger partial charge is 0.129 e. The highest BCUT2D eigenvalue weighted by Crippen LogP contribution is 2.19. The predicted molar refractivity (Wildman–Crippen MR) is 57.5 cm³/mol. The van der Waals surface area contributed by atoms with E-state index in [0.29, 0.717) is 17.1 Å². The summed E-state index contributed by atoms with van der Waals surface area (Å²) in [6.07, 6.45) is 3.58. The number of nitrogens with zero attached hydrogens (tertiary/aromatic N) is 2. The maximum absolute atomic E-state index is 13.4. The van der Waals surface area contributed by atoms with E-state index in [1.807, 2.05) is 13.1 Å². The van der Waals surface area contributed by atoms with Crippen molar-refractivity contribution in [1.29, 1.82) is 0 Å². The third-order valence-electron chi connectivity index (χ3n) is 2.14. The van der Waals surface area contributed by atoms with E-state index in [4.69, 9.17) is 11.6 Å². The van der Waals surface area contributed by atoms with Crippen LogP contribution in [-0.2, 0) is 6.54 Å². The Bertz CT molecular complexity index is 459. The average molecular weight is 225 g/mol. The van der Waals surface area contributed by atoms with Gasteiger partial charge in [0.15, 0.2) is 0 Å². The zero-order chi connectivity index (χ0) is 10.8. The molecule has 0 aliphatic carbocycles. The molecule has 0 fully saturated rings. The molecule has 0 atom stereocenters. The van der Waals surface area contributed by atoms with E-state index >= 15 is 0 Å². The maximum atomic E-state index is 13.4. The van der Waals surface area contributed by atoms with Crippen LogP contribution in [0, 0.1) is 12.7 Å². The second-order valence-corrected chi connectivity index (χ2v) is 3.82. The van der Waals surface area contributed by atoms with E-state index in [0.717, 1.165) is 5.56 Å². The summed E-state index contributed by atoms with van der Waals surface area (Å²) in [5.74, 6) is -0.296. The fraction of sp³-hybridized carbons (Fsp3) is 0.182. The first-order valence-electron chi connectivity index (χ1n) is 4.59. The molecule has 0 bridgehead atoms. The minimum absolute atomic E-state index is 0.296. The summed E-state index contributed by atoms with van der Waals surface area (Å²) in [5.41, 5.74) is 1.52. The standard InChI is InChI=1S/C11H10ClFN2/c1-8-5-14-15(6-8)7-9-10(12)3-2-4-11(9)13/h2-6H,7H2,1H3.